The van der Waals surface area contributed by atoms with Crippen LogP contribution in [-0.2, 0) is 9.53 Å². The number of hydrogen-bond acceptors (Lipinski definition) is 4. The van der Waals surface area contributed by atoms with Crippen LogP contribution in [0.1, 0.15) is 12.8 Å². The molecule has 0 aliphatic heterocycles. The number of nitrogens with one attached hydrogen (secondary N) is 1. The number of carbonyl (C=O) groups is 1. The Hall–Kier alpha value is -2.31. The highest BCUT2D eigenvalue weighted by atomic mass is 19.4. The van der Waals surface area contributed by atoms with Crippen molar-refractivity contribution in [3.63, 3.8) is 0 Å². The molecule has 0 aromatic rings. The predicted molar refractivity (Wildman–Crippen MR) is 74.7 cm³/mol. The molecular formula is C14H17F3N2O2. The van der Waals surface area contributed by atoms with E-state index in [1.54, 1.807) is 6.08 Å². The van der Waals surface area contributed by atoms with Crippen LogP contribution < -0.4 is 5.73 Å². The molecule has 3 N–H and O–H groups in total. The Labute approximate surface area is 121 Å². The zero-order chi connectivity index (χ0) is 16.5. The molecule has 0 heterocycles. The number of halogens is 3. The van der Waals surface area contributed by atoms with Gasteiger partial charge in [-0.05, 0) is 0 Å². The van der Waals surface area contributed by atoms with Gasteiger partial charge in [-0.3, -0.25) is 4.79 Å². The van der Waals surface area contributed by atoms with Crippen LogP contribution in [0.4, 0.5) is 13.2 Å². The minimum atomic E-state index is -4.71. The molecule has 0 fully saturated rings. The Morgan fingerprint density at radius 1 is 1.33 bits per heavy atom. The van der Waals surface area contributed by atoms with Crippen LogP contribution in [-0.4, -0.2) is 25.0 Å². The van der Waals surface area contributed by atoms with Crippen LogP contribution in [0, 0.1) is 5.41 Å². The van der Waals surface area contributed by atoms with Crippen molar-refractivity contribution >= 4 is 11.7 Å². The third-order valence-corrected chi connectivity index (χ3v) is 2.38. The molecule has 0 aliphatic rings. The summed E-state index contributed by atoms with van der Waals surface area (Å²) in [6, 6.07) is 0. The van der Waals surface area contributed by atoms with Crippen molar-refractivity contribution in [2.24, 2.45) is 5.73 Å². The van der Waals surface area contributed by atoms with Gasteiger partial charge in [0.1, 0.15) is 0 Å². The molecule has 0 amide bonds. The van der Waals surface area contributed by atoms with E-state index in [2.05, 4.69) is 11.3 Å². The Balaban J connectivity index is 5.17. The van der Waals surface area contributed by atoms with Gasteiger partial charge in [-0.25, -0.2) is 0 Å². The number of ether oxygens (including phenoxy) is 1. The van der Waals surface area contributed by atoms with Gasteiger partial charge in [0, 0.05) is 18.3 Å². The molecule has 0 unspecified atom stereocenters. The van der Waals surface area contributed by atoms with Gasteiger partial charge in [0.05, 0.1) is 19.1 Å². The molecule has 0 spiro atoms. The number of methoxy groups -OCH3 is 1. The smallest absolute Gasteiger partial charge is 0.419 e. The lowest BCUT2D eigenvalue weighted by Crippen LogP contribution is -2.21. The second-order valence-electron chi connectivity index (χ2n) is 3.93. The second kappa shape index (κ2) is 8.78. The van der Waals surface area contributed by atoms with Gasteiger partial charge in [0.25, 0.3) is 0 Å². The van der Waals surface area contributed by atoms with E-state index >= 15 is 0 Å². The molecule has 0 bridgehead atoms. The van der Waals surface area contributed by atoms with Crippen LogP contribution >= 0.6 is 0 Å². The van der Waals surface area contributed by atoms with Gasteiger partial charge in [0.15, 0.2) is 0 Å². The second-order valence-corrected chi connectivity index (χ2v) is 3.93. The topological polar surface area (TPSA) is 76.2 Å². The first-order valence-corrected chi connectivity index (χ1v) is 5.87. The third-order valence-electron chi connectivity index (χ3n) is 2.38. The fourth-order valence-corrected chi connectivity index (χ4v) is 1.40. The summed E-state index contributed by atoms with van der Waals surface area (Å²) < 4.78 is 42.4. The van der Waals surface area contributed by atoms with E-state index in [1.807, 2.05) is 0 Å². The van der Waals surface area contributed by atoms with Crippen molar-refractivity contribution in [1.29, 1.82) is 5.41 Å². The van der Waals surface area contributed by atoms with Crippen molar-refractivity contribution in [2.75, 3.05) is 7.11 Å². The van der Waals surface area contributed by atoms with E-state index in [-0.39, 0.29) is 12.8 Å². The lowest BCUT2D eigenvalue weighted by atomic mass is 10.00. The summed E-state index contributed by atoms with van der Waals surface area (Å²) >= 11 is 0. The molecule has 4 nitrogen and oxygen atoms in total. The SMILES string of the molecule is C=C/C=C\C=C(/CC(=N)/C(=C\N)C(F)(F)F)CC(=O)OC. The van der Waals surface area contributed by atoms with Gasteiger partial charge >= 0.3 is 12.1 Å². The number of nitrogens with two attached hydrogens (primary N) is 1. The van der Waals surface area contributed by atoms with Crippen LogP contribution in [0.5, 0.6) is 0 Å². The van der Waals surface area contributed by atoms with E-state index in [9.17, 15) is 18.0 Å². The summed E-state index contributed by atoms with van der Waals surface area (Å²) in [7, 11) is 1.17. The van der Waals surface area contributed by atoms with Gasteiger partial charge in [-0.2, -0.15) is 13.2 Å². The van der Waals surface area contributed by atoms with Gasteiger partial charge in [-0.15, -0.1) is 0 Å². The molecule has 0 rings (SSSR count). The normalized spacial score (nSPS) is 13.3. The molecule has 21 heavy (non-hydrogen) atoms. The zero-order valence-corrected chi connectivity index (χ0v) is 11.5. The molecule has 0 radical (unpaired) electrons. The molecular weight excluding hydrogens is 285 g/mol. The van der Waals surface area contributed by atoms with E-state index < -0.39 is 23.4 Å². The molecule has 7 heteroatoms. The van der Waals surface area contributed by atoms with Gasteiger partial charge in [-0.1, -0.05) is 36.5 Å². The molecule has 0 saturated heterocycles. The lowest BCUT2D eigenvalue weighted by molar-refractivity contribution is -0.139. The van der Waals surface area contributed by atoms with E-state index in [1.165, 1.54) is 25.3 Å². The van der Waals surface area contributed by atoms with Crippen molar-refractivity contribution < 1.29 is 22.7 Å². The summed E-state index contributed by atoms with van der Waals surface area (Å²) in [4.78, 5) is 11.2. The summed E-state index contributed by atoms with van der Waals surface area (Å²) in [5.74, 6) is -0.605. The fourth-order valence-electron chi connectivity index (χ4n) is 1.40. The average molecular weight is 302 g/mol. The molecule has 116 valence electrons. The first kappa shape index (κ1) is 18.7. The number of allylic oxidation sites excluding steroid dienone is 5. The number of esters is 1. The predicted octanol–water partition coefficient (Wildman–Crippen LogP) is 3.03. The standard InChI is InChI=1S/C14H17F3N2O2/c1-3-4-5-6-10(8-13(20)21-2)7-12(19)11(9-18)14(15,16)17/h3-6,9,19H,1,7-8,18H2,2H3/b5-4-,10-6+,11-9+,19-12?. The van der Waals surface area contributed by atoms with Crippen molar-refractivity contribution in [3.8, 4) is 0 Å². The summed E-state index contributed by atoms with van der Waals surface area (Å²) in [5, 5.41) is 7.51. The third kappa shape index (κ3) is 7.14. The van der Waals surface area contributed by atoms with Crippen LogP contribution in [0.2, 0.25) is 0 Å². The largest absolute Gasteiger partial charge is 0.469 e. The molecule has 0 atom stereocenters. The molecule has 0 saturated carbocycles. The zero-order valence-electron chi connectivity index (χ0n) is 11.5. The highest BCUT2D eigenvalue weighted by Gasteiger charge is 2.36. The van der Waals surface area contributed by atoms with Crippen molar-refractivity contribution in [2.45, 2.75) is 19.0 Å². The highest BCUT2D eigenvalue weighted by Crippen LogP contribution is 2.28. The van der Waals surface area contributed by atoms with Gasteiger partial charge in [0.2, 0.25) is 0 Å². The first-order chi connectivity index (χ1) is 9.76. The minimum Gasteiger partial charge on any atom is -0.469 e. The van der Waals surface area contributed by atoms with Gasteiger partial charge < -0.3 is 15.9 Å². The first-order valence-electron chi connectivity index (χ1n) is 5.87. The van der Waals surface area contributed by atoms with Crippen LogP contribution in [0.25, 0.3) is 0 Å². The molecule has 0 aliphatic carbocycles. The molecule has 0 aromatic carbocycles. The number of carbonyl (C=O) groups excluding carboxylic acids is 1. The fraction of sp³-hybridized carbons (Fsp3) is 0.286. The Kier molecular flexibility index (Phi) is 7.81. The lowest BCUT2D eigenvalue weighted by Gasteiger charge is -2.13. The monoisotopic (exact) mass is 302 g/mol. The maximum atomic E-state index is 12.6. The maximum absolute atomic E-state index is 12.6. The quantitative estimate of drug-likeness (QED) is 0.431. The van der Waals surface area contributed by atoms with Crippen LogP contribution in [0.3, 0.4) is 0 Å². The van der Waals surface area contributed by atoms with E-state index in [4.69, 9.17) is 11.1 Å². The summed E-state index contributed by atoms with van der Waals surface area (Å²) in [5.41, 5.74) is 3.28. The van der Waals surface area contributed by atoms with E-state index in [0.717, 1.165) is 0 Å². The molecule has 0 aromatic heterocycles. The van der Waals surface area contributed by atoms with Crippen molar-refractivity contribution in [1.82, 2.24) is 0 Å². The summed E-state index contributed by atoms with van der Waals surface area (Å²) in [6.07, 6.45) is 1.03. The summed E-state index contributed by atoms with van der Waals surface area (Å²) in [6.45, 7) is 3.45. The Morgan fingerprint density at radius 3 is 2.38 bits per heavy atom. The maximum Gasteiger partial charge on any atom is 0.419 e. The number of hydrogen-bond donors (Lipinski definition) is 2. The highest BCUT2D eigenvalue weighted by molar-refractivity contribution is 6.00. The van der Waals surface area contributed by atoms with Crippen LogP contribution in [0.15, 0.2) is 48.2 Å². The Morgan fingerprint density at radius 2 is 1.95 bits per heavy atom. The number of rotatable bonds is 7. The Bertz CT molecular complexity index is 489. The number of alkyl halides is 3. The minimum absolute atomic E-state index is 0.212. The average Bonchev–Trinajstić information content (AvgIpc) is 2.37. The van der Waals surface area contributed by atoms with Crippen molar-refractivity contribution in [3.05, 3.63) is 48.2 Å². The van der Waals surface area contributed by atoms with E-state index in [0.29, 0.717) is 11.8 Å².